The Labute approximate surface area is 124 Å². The summed E-state index contributed by atoms with van der Waals surface area (Å²) in [5.41, 5.74) is 0.563. The molecule has 1 saturated heterocycles. The van der Waals surface area contributed by atoms with Crippen molar-refractivity contribution in [3.8, 4) is 5.75 Å². The molecule has 1 atom stereocenters. The maximum absolute atomic E-state index is 13.4. The lowest BCUT2D eigenvalue weighted by molar-refractivity contribution is -0.120. The summed E-state index contributed by atoms with van der Waals surface area (Å²) in [5, 5.41) is 6.10. The third kappa shape index (κ3) is 3.94. The molecule has 3 rings (SSSR count). The SMILES string of the molecule is O=C(Nc1ccc(F)cc1OCC1CC1)C1CCCNC1. The van der Waals surface area contributed by atoms with Crippen molar-refractivity contribution >= 4 is 11.6 Å². The van der Waals surface area contributed by atoms with Gasteiger partial charge in [-0.05, 0) is 50.3 Å². The van der Waals surface area contributed by atoms with Gasteiger partial charge in [-0.3, -0.25) is 4.79 Å². The quantitative estimate of drug-likeness (QED) is 0.877. The summed E-state index contributed by atoms with van der Waals surface area (Å²) in [4.78, 5) is 12.3. The van der Waals surface area contributed by atoms with E-state index in [1.165, 1.54) is 25.0 Å². The molecular weight excluding hydrogens is 271 g/mol. The highest BCUT2D eigenvalue weighted by Crippen LogP contribution is 2.32. The van der Waals surface area contributed by atoms with Crippen molar-refractivity contribution in [3.63, 3.8) is 0 Å². The molecule has 0 bridgehead atoms. The standard InChI is InChI=1S/C16H21FN2O2/c17-13-5-6-14(15(8-13)21-10-11-3-4-11)19-16(20)12-2-1-7-18-9-12/h5-6,8,11-12,18H,1-4,7,9-10H2,(H,19,20). The average Bonchev–Trinajstić information content (AvgIpc) is 3.32. The van der Waals surface area contributed by atoms with E-state index in [0.717, 1.165) is 19.4 Å². The number of piperidine rings is 1. The van der Waals surface area contributed by atoms with Crippen molar-refractivity contribution in [2.45, 2.75) is 25.7 Å². The van der Waals surface area contributed by atoms with Crippen LogP contribution in [-0.4, -0.2) is 25.6 Å². The van der Waals surface area contributed by atoms with Crippen LogP contribution in [0.2, 0.25) is 0 Å². The zero-order valence-electron chi connectivity index (χ0n) is 12.0. The molecule has 1 aromatic rings. The second-order valence-electron chi connectivity index (χ2n) is 5.93. The monoisotopic (exact) mass is 292 g/mol. The number of amides is 1. The summed E-state index contributed by atoms with van der Waals surface area (Å²) in [7, 11) is 0. The number of hydrogen-bond donors (Lipinski definition) is 2. The second kappa shape index (κ2) is 6.43. The molecule has 1 saturated carbocycles. The number of hydrogen-bond acceptors (Lipinski definition) is 3. The lowest BCUT2D eigenvalue weighted by atomic mass is 9.99. The van der Waals surface area contributed by atoms with Crippen LogP contribution in [0.15, 0.2) is 18.2 Å². The Morgan fingerprint density at radius 1 is 1.38 bits per heavy atom. The van der Waals surface area contributed by atoms with Crippen molar-refractivity contribution in [3.05, 3.63) is 24.0 Å². The summed E-state index contributed by atoms with van der Waals surface area (Å²) < 4.78 is 19.0. The number of ether oxygens (including phenoxy) is 1. The predicted molar refractivity (Wildman–Crippen MR) is 78.8 cm³/mol. The Bertz CT molecular complexity index is 511. The van der Waals surface area contributed by atoms with Gasteiger partial charge in [0.25, 0.3) is 0 Å². The highest BCUT2D eigenvalue weighted by molar-refractivity contribution is 5.94. The number of benzene rings is 1. The maximum atomic E-state index is 13.4. The number of halogens is 1. The molecule has 2 aliphatic rings. The third-order valence-electron chi connectivity index (χ3n) is 4.04. The van der Waals surface area contributed by atoms with Gasteiger partial charge in [-0.1, -0.05) is 0 Å². The molecule has 1 heterocycles. The fourth-order valence-electron chi connectivity index (χ4n) is 2.52. The van der Waals surface area contributed by atoms with Gasteiger partial charge < -0.3 is 15.4 Å². The Hall–Kier alpha value is -1.62. The molecule has 2 fully saturated rings. The zero-order valence-corrected chi connectivity index (χ0v) is 12.0. The fraction of sp³-hybridized carbons (Fsp3) is 0.562. The van der Waals surface area contributed by atoms with Gasteiger partial charge in [-0.25, -0.2) is 4.39 Å². The first-order valence-electron chi connectivity index (χ1n) is 7.66. The molecule has 1 aromatic carbocycles. The lowest BCUT2D eigenvalue weighted by Gasteiger charge is -2.22. The number of anilines is 1. The van der Waals surface area contributed by atoms with E-state index in [0.29, 0.717) is 30.5 Å². The first kappa shape index (κ1) is 14.3. The molecule has 0 spiro atoms. The Kier molecular flexibility index (Phi) is 4.39. The average molecular weight is 292 g/mol. The summed E-state index contributed by atoms with van der Waals surface area (Å²) in [6.45, 7) is 2.26. The molecule has 0 aromatic heterocycles. The van der Waals surface area contributed by atoms with Crippen molar-refractivity contribution < 1.29 is 13.9 Å². The topological polar surface area (TPSA) is 50.4 Å². The highest BCUT2D eigenvalue weighted by atomic mass is 19.1. The molecule has 2 N–H and O–H groups in total. The maximum Gasteiger partial charge on any atom is 0.228 e. The van der Waals surface area contributed by atoms with Gasteiger partial charge in [0.15, 0.2) is 0 Å². The number of carbonyl (C=O) groups excluding carboxylic acids is 1. The molecule has 5 heteroatoms. The molecule has 1 amide bonds. The predicted octanol–water partition coefficient (Wildman–Crippen LogP) is 2.55. The van der Waals surface area contributed by atoms with Gasteiger partial charge in [0.2, 0.25) is 5.91 Å². The van der Waals surface area contributed by atoms with E-state index in [1.54, 1.807) is 6.07 Å². The van der Waals surface area contributed by atoms with E-state index in [1.807, 2.05) is 0 Å². The number of carbonyl (C=O) groups is 1. The molecule has 4 nitrogen and oxygen atoms in total. The van der Waals surface area contributed by atoms with Gasteiger partial charge in [0.05, 0.1) is 18.2 Å². The van der Waals surface area contributed by atoms with E-state index in [-0.39, 0.29) is 17.6 Å². The van der Waals surface area contributed by atoms with Crippen LogP contribution < -0.4 is 15.4 Å². The second-order valence-corrected chi connectivity index (χ2v) is 5.93. The Balaban J connectivity index is 1.66. The van der Waals surface area contributed by atoms with E-state index >= 15 is 0 Å². The van der Waals surface area contributed by atoms with Gasteiger partial charge in [0, 0.05) is 12.6 Å². The van der Waals surface area contributed by atoms with Crippen LogP contribution in [0.25, 0.3) is 0 Å². The van der Waals surface area contributed by atoms with Crippen molar-refractivity contribution in [1.82, 2.24) is 5.32 Å². The molecule has 1 unspecified atom stereocenters. The minimum Gasteiger partial charge on any atom is -0.491 e. The minimum atomic E-state index is -0.349. The van der Waals surface area contributed by atoms with Crippen molar-refractivity contribution in [2.75, 3.05) is 25.0 Å². The Morgan fingerprint density at radius 2 is 2.24 bits per heavy atom. The first-order valence-corrected chi connectivity index (χ1v) is 7.66. The minimum absolute atomic E-state index is 0.0231. The van der Waals surface area contributed by atoms with Gasteiger partial charge in [0.1, 0.15) is 11.6 Å². The summed E-state index contributed by atoms with van der Waals surface area (Å²) in [5.74, 6) is 0.613. The molecule has 1 aliphatic heterocycles. The number of nitrogens with one attached hydrogen (secondary N) is 2. The van der Waals surface area contributed by atoms with Crippen LogP contribution in [0.3, 0.4) is 0 Å². The molecule has 21 heavy (non-hydrogen) atoms. The molecule has 0 radical (unpaired) electrons. The van der Waals surface area contributed by atoms with E-state index in [4.69, 9.17) is 4.74 Å². The molecular formula is C16H21FN2O2. The molecule has 1 aliphatic carbocycles. The van der Waals surface area contributed by atoms with Gasteiger partial charge in [-0.15, -0.1) is 0 Å². The van der Waals surface area contributed by atoms with Gasteiger partial charge in [-0.2, -0.15) is 0 Å². The Morgan fingerprint density at radius 3 is 2.95 bits per heavy atom. The highest BCUT2D eigenvalue weighted by Gasteiger charge is 2.24. The third-order valence-corrected chi connectivity index (χ3v) is 4.04. The summed E-state index contributed by atoms with van der Waals surface area (Å²) in [6, 6.07) is 4.27. The van der Waals surface area contributed by atoms with Crippen LogP contribution in [0.5, 0.6) is 5.75 Å². The van der Waals surface area contributed by atoms with E-state index < -0.39 is 0 Å². The van der Waals surface area contributed by atoms with Gasteiger partial charge >= 0.3 is 0 Å². The van der Waals surface area contributed by atoms with Crippen LogP contribution >= 0.6 is 0 Å². The fourth-order valence-corrected chi connectivity index (χ4v) is 2.52. The lowest BCUT2D eigenvalue weighted by Crippen LogP contribution is -2.37. The van der Waals surface area contributed by atoms with Crippen molar-refractivity contribution in [2.24, 2.45) is 11.8 Å². The molecule has 114 valence electrons. The smallest absolute Gasteiger partial charge is 0.228 e. The van der Waals surface area contributed by atoms with Crippen LogP contribution in [-0.2, 0) is 4.79 Å². The first-order chi connectivity index (χ1) is 10.2. The van der Waals surface area contributed by atoms with Crippen LogP contribution in [0, 0.1) is 17.7 Å². The van der Waals surface area contributed by atoms with E-state index in [9.17, 15) is 9.18 Å². The summed E-state index contributed by atoms with van der Waals surface area (Å²) >= 11 is 0. The van der Waals surface area contributed by atoms with Crippen LogP contribution in [0.1, 0.15) is 25.7 Å². The zero-order chi connectivity index (χ0) is 14.7. The number of rotatable bonds is 5. The summed E-state index contributed by atoms with van der Waals surface area (Å²) in [6.07, 6.45) is 4.24. The van der Waals surface area contributed by atoms with Crippen LogP contribution in [0.4, 0.5) is 10.1 Å². The van der Waals surface area contributed by atoms with Crippen molar-refractivity contribution in [1.29, 1.82) is 0 Å². The largest absolute Gasteiger partial charge is 0.491 e. The van der Waals surface area contributed by atoms with E-state index in [2.05, 4.69) is 10.6 Å². The normalized spacial score (nSPS) is 21.9.